The van der Waals surface area contributed by atoms with Crippen LogP contribution in [0.25, 0.3) is 12.2 Å². The van der Waals surface area contributed by atoms with Gasteiger partial charge in [0.25, 0.3) is 5.69 Å². The van der Waals surface area contributed by atoms with Crippen molar-refractivity contribution in [2.45, 2.75) is 41.5 Å². The quantitative estimate of drug-likeness (QED) is 0.186. The molecule has 0 spiro atoms. The summed E-state index contributed by atoms with van der Waals surface area (Å²) in [6.45, 7) is 11.6. The van der Waals surface area contributed by atoms with Crippen molar-refractivity contribution < 1.29 is 19.6 Å². The van der Waals surface area contributed by atoms with E-state index in [1.807, 2.05) is 64.1 Å². The van der Waals surface area contributed by atoms with Crippen molar-refractivity contribution in [1.29, 1.82) is 0 Å². The normalized spacial score (nSPS) is 10.3. The van der Waals surface area contributed by atoms with Gasteiger partial charge in [-0.3, -0.25) is 35.1 Å². The Morgan fingerprint density at radius 2 is 1.00 bits per heavy atom. The molecular formula is C29H31N3O7. The van der Waals surface area contributed by atoms with Gasteiger partial charge in [-0.15, -0.1) is 0 Å². The minimum absolute atomic E-state index is 0.124. The maximum Gasteiger partial charge on any atom is 0.277 e. The van der Waals surface area contributed by atoms with E-state index < -0.39 is 14.8 Å². The number of hydrogen-bond donors (Lipinski definition) is 0. The van der Waals surface area contributed by atoms with Crippen molar-refractivity contribution in [1.82, 2.24) is 0 Å². The predicted octanol–water partition coefficient (Wildman–Crippen LogP) is 7.13. The number of nitro groups is 3. The largest absolute Gasteiger partial charge is 0.298 e. The summed E-state index contributed by atoms with van der Waals surface area (Å²) in [4.78, 5) is 39.5. The minimum Gasteiger partial charge on any atom is -0.298 e. The number of hydrogen-bond acceptors (Lipinski definition) is 7. The van der Waals surface area contributed by atoms with Crippen LogP contribution >= 0.6 is 0 Å². The molecule has 0 saturated carbocycles. The van der Waals surface area contributed by atoms with Crippen LogP contribution in [0.2, 0.25) is 0 Å². The molecule has 0 bridgehead atoms. The first-order valence-electron chi connectivity index (χ1n) is 11.7. The number of rotatable bonds is 6. The average Bonchev–Trinajstić information content (AvgIpc) is 2.87. The zero-order valence-electron chi connectivity index (χ0n) is 22.7. The molecule has 0 saturated heterocycles. The zero-order valence-corrected chi connectivity index (χ0v) is 22.7. The van der Waals surface area contributed by atoms with Crippen LogP contribution in [-0.2, 0) is 0 Å². The Kier molecular flexibility index (Phi) is 12.6. The zero-order chi connectivity index (χ0) is 29.7. The summed E-state index contributed by atoms with van der Waals surface area (Å²) in [5.41, 5.74) is 8.10. The Labute approximate surface area is 226 Å². The molecule has 0 atom stereocenters. The van der Waals surface area contributed by atoms with Gasteiger partial charge in [-0.2, -0.15) is 0 Å². The van der Waals surface area contributed by atoms with Crippen molar-refractivity contribution in [2.75, 3.05) is 0 Å². The molecule has 10 nitrogen and oxygen atoms in total. The van der Waals surface area contributed by atoms with Crippen LogP contribution in [0.15, 0.2) is 60.9 Å². The summed E-state index contributed by atoms with van der Waals surface area (Å²) in [6, 6.07) is 14.4. The smallest absolute Gasteiger partial charge is 0.277 e. The van der Waals surface area contributed by atoms with Crippen molar-refractivity contribution in [3.05, 3.63) is 141 Å². The first kappa shape index (κ1) is 32.0. The molecule has 0 aliphatic rings. The molecule has 0 aliphatic carbocycles. The number of aldehydes is 1. The Balaban J connectivity index is 0.000000300. The summed E-state index contributed by atoms with van der Waals surface area (Å²) in [7, 11) is 0. The van der Waals surface area contributed by atoms with Gasteiger partial charge >= 0.3 is 0 Å². The number of carbonyl (C=O) groups excluding carboxylic acids is 1. The van der Waals surface area contributed by atoms with Crippen LogP contribution in [0, 0.1) is 71.9 Å². The van der Waals surface area contributed by atoms with Gasteiger partial charge in [0.15, 0.2) is 0 Å². The van der Waals surface area contributed by atoms with Gasteiger partial charge in [0.1, 0.15) is 6.29 Å². The van der Waals surface area contributed by atoms with Gasteiger partial charge in [-0.25, -0.2) is 0 Å². The second-order valence-electron chi connectivity index (χ2n) is 8.76. The third-order valence-electron chi connectivity index (χ3n) is 5.80. The van der Waals surface area contributed by atoms with Crippen LogP contribution in [0.3, 0.4) is 0 Å². The van der Waals surface area contributed by atoms with E-state index in [1.54, 1.807) is 19.9 Å². The molecule has 0 unspecified atom stereocenters. The first-order valence-corrected chi connectivity index (χ1v) is 11.7. The highest BCUT2D eigenvalue weighted by Crippen LogP contribution is 2.24. The lowest BCUT2D eigenvalue weighted by atomic mass is 10.0. The molecular weight excluding hydrogens is 502 g/mol. The molecule has 0 amide bonds. The fourth-order valence-corrected chi connectivity index (χ4v) is 3.11. The molecule has 204 valence electrons. The molecule has 0 fully saturated rings. The molecule has 3 aromatic rings. The summed E-state index contributed by atoms with van der Waals surface area (Å²) < 4.78 is 0. The first-order chi connectivity index (χ1) is 18.2. The van der Waals surface area contributed by atoms with Crippen molar-refractivity contribution in [3.63, 3.8) is 0 Å². The maximum atomic E-state index is 10.7. The molecule has 10 heteroatoms. The van der Waals surface area contributed by atoms with E-state index in [-0.39, 0.29) is 11.3 Å². The van der Waals surface area contributed by atoms with E-state index in [2.05, 4.69) is 0 Å². The Hall–Kier alpha value is -4.99. The van der Waals surface area contributed by atoms with Gasteiger partial charge < -0.3 is 0 Å². The van der Waals surface area contributed by atoms with Crippen LogP contribution in [-0.4, -0.2) is 21.1 Å². The fourth-order valence-electron chi connectivity index (χ4n) is 3.11. The molecule has 0 radical (unpaired) electrons. The average molecular weight is 534 g/mol. The summed E-state index contributed by atoms with van der Waals surface area (Å²) in [5.74, 6) is 0. The molecule has 39 heavy (non-hydrogen) atoms. The van der Waals surface area contributed by atoms with E-state index in [9.17, 15) is 35.1 Å². The molecule has 0 aliphatic heterocycles. The van der Waals surface area contributed by atoms with E-state index in [4.69, 9.17) is 0 Å². The lowest BCUT2D eigenvalue weighted by molar-refractivity contribution is -0.401. The molecule has 3 aromatic carbocycles. The highest BCUT2D eigenvalue weighted by molar-refractivity contribution is 5.75. The molecule has 0 heterocycles. The summed E-state index contributed by atoms with van der Waals surface area (Å²) >= 11 is 0. The predicted molar refractivity (Wildman–Crippen MR) is 152 cm³/mol. The Morgan fingerprint density at radius 1 is 0.564 bits per heavy atom. The van der Waals surface area contributed by atoms with Gasteiger partial charge in [-0.1, -0.05) is 30.3 Å². The standard InChI is InChI=1S/C10H10N2O4.C10H11NO2.C9H10O/c1-7-5-9(3-4-11(13)14)10(12(15)16)6-8(7)2;1-8-3-4-10(7-9(8)2)5-6-11(12)13;1-7-3-4-9(6-10)5-8(7)2/h3-6H,1-2H3;3-7H,1-2H3;3-6H,1-2H3/b4-3+;6-5+;. The van der Waals surface area contributed by atoms with E-state index in [1.165, 1.54) is 28.8 Å². The van der Waals surface area contributed by atoms with E-state index in [0.717, 1.165) is 46.4 Å². The Morgan fingerprint density at radius 3 is 1.46 bits per heavy atom. The number of carbonyl (C=O) groups is 1. The lowest BCUT2D eigenvalue weighted by Crippen LogP contribution is -1.95. The molecule has 0 N–H and O–H groups in total. The number of aryl methyl sites for hydroxylation is 6. The SMILES string of the molecule is Cc1cc(/C=C/[N+](=O)[O-])c([N+](=O)[O-])cc1C.Cc1ccc(/C=C/[N+](=O)[O-])cc1C.Cc1ccc(C=O)cc1C. The van der Waals surface area contributed by atoms with Gasteiger partial charge in [-0.05, 0) is 92.6 Å². The van der Waals surface area contributed by atoms with Gasteiger partial charge in [0.2, 0.25) is 12.4 Å². The lowest BCUT2D eigenvalue weighted by Gasteiger charge is -2.02. The second kappa shape index (κ2) is 15.3. The topological polar surface area (TPSA) is 146 Å². The van der Waals surface area contributed by atoms with E-state index >= 15 is 0 Å². The number of benzene rings is 3. The van der Waals surface area contributed by atoms with E-state index in [0.29, 0.717) is 6.20 Å². The number of nitrogens with zero attached hydrogens (tertiary/aromatic N) is 3. The van der Waals surface area contributed by atoms with Crippen molar-refractivity contribution >= 4 is 24.1 Å². The fraction of sp³-hybridized carbons (Fsp3) is 0.207. The number of nitro benzene ring substituents is 1. The summed E-state index contributed by atoms with van der Waals surface area (Å²) in [5, 5.41) is 30.9. The van der Waals surface area contributed by atoms with Gasteiger partial charge in [0.05, 0.1) is 20.3 Å². The van der Waals surface area contributed by atoms with Crippen LogP contribution in [0.1, 0.15) is 54.9 Å². The van der Waals surface area contributed by atoms with Crippen LogP contribution in [0.4, 0.5) is 5.69 Å². The maximum absolute atomic E-state index is 10.7. The van der Waals surface area contributed by atoms with Crippen molar-refractivity contribution in [2.24, 2.45) is 0 Å². The highest BCUT2D eigenvalue weighted by Gasteiger charge is 2.14. The third-order valence-corrected chi connectivity index (χ3v) is 5.80. The van der Waals surface area contributed by atoms with Crippen LogP contribution < -0.4 is 0 Å². The second-order valence-corrected chi connectivity index (χ2v) is 8.76. The Bertz CT molecular complexity index is 1430. The monoisotopic (exact) mass is 533 g/mol. The third kappa shape index (κ3) is 11.3. The van der Waals surface area contributed by atoms with Gasteiger partial charge in [0, 0.05) is 23.8 Å². The highest BCUT2D eigenvalue weighted by atomic mass is 16.6. The summed E-state index contributed by atoms with van der Waals surface area (Å²) in [6.07, 6.45) is 5.13. The van der Waals surface area contributed by atoms with Crippen LogP contribution in [0.5, 0.6) is 0 Å². The molecule has 0 aromatic heterocycles. The molecule has 3 rings (SSSR count). The van der Waals surface area contributed by atoms with Crippen molar-refractivity contribution in [3.8, 4) is 0 Å². The minimum atomic E-state index is -0.654.